The molecule has 0 fully saturated rings. The third-order valence-electron chi connectivity index (χ3n) is 2.08. The fourth-order valence-electron chi connectivity index (χ4n) is 1.39. The summed E-state index contributed by atoms with van der Waals surface area (Å²) in [6, 6.07) is 3.96. The molecule has 0 saturated carbocycles. The zero-order valence-electron chi connectivity index (χ0n) is 7.25. The van der Waals surface area contributed by atoms with Crippen LogP contribution in [0.5, 0.6) is 0 Å². The van der Waals surface area contributed by atoms with Gasteiger partial charge in [0.2, 0.25) is 0 Å². The van der Waals surface area contributed by atoms with E-state index in [9.17, 15) is 0 Å². The van der Waals surface area contributed by atoms with Gasteiger partial charge in [0.05, 0.1) is 11.7 Å². The standard InChI is InChI=1S/C9H7N5/c1-2-11-8-4-12-9(3-7(1)8)14-6-10-5-13-14/h1-6,11H. The quantitative estimate of drug-likeness (QED) is 0.618. The molecule has 0 aromatic carbocycles. The molecule has 5 nitrogen and oxygen atoms in total. The number of H-pyrrole nitrogens is 1. The van der Waals surface area contributed by atoms with E-state index in [0.29, 0.717) is 0 Å². The zero-order valence-corrected chi connectivity index (χ0v) is 7.25. The van der Waals surface area contributed by atoms with Crippen LogP contribution in [-0.2, 0) is 0 Å². The Morgan fingerprint density at radius 3 is 3.21 bits per heavy atom. The number of fused-ring (bicyclic) bond motifs is 1. The lowest BCUT2D eigenvalue weighted by atomic mass is 10.3. The highest BCUT2D eigenvalue weighted by molar-refractivity contribution is 5.79. The average molecular weight is 185 g/mol. The molecule has 0 aliphatic heterocycles. The Kier molecular flexibility index (Phi) is 1.38. The molecule has 14 heavy (non-hydrogen) atoms. The van der Waals surface area contributed by atoms with Crippen LogP contribution >= 0.6 is 0 Å². The van der Waals surface area contributed by atoms with Gasteiger partial charge in [0.15, 0.2) is 5.82 Å². The molecule has 68 valence electrons. The van der Waals surface area contributed by atoms with Crippen LogP contribution in [-0.4, -0.2) is 24.7 Å². The summed E-state index contributed by atoms with van der Waals surface area (Å²) in [7, 11) is 0. The molecule has 0 aliphatic rings. The van der Waals surface area contributed by atoms with Crippen molar-refractivity contribution in [2.75, 3.05) is 0 Å². The maximum Gasteiger partial charge on any atom is 0.155 e. The van der Waals surface area contributed by atoms with Gasteiger partial charge in [0, 0.05) is 11.6 Å². The molecular formula is C9H7N5. The van der Waals surface area contributed by atoms with Crippen molar-refractivity contribution in [3.8, 4) is 5.82 Å². The van der Waals surface area contributed by atoms with Crippen LogP contribution in [0, 0.1) is 0 Å². The molecule has 1 N–H and O–H groups in total. The minimum Gasteiger partial charge on any atom is -0.360 e. The third-order valence-corrected chi connectivity index (χ3v) is 2.08. The van der Waals surface area contributed by atoms with Gasteiger partial charge in [-0.1, -0.05) is 0 Å². The van der Waals surface area contributed by atoms with Crippen LogP contribution < -0.4 is 0 Å². The highest BCUT2D eigenvalue weighted by atomic mass is 15.3. The SMILES string of the molecule is c1ncn(-c2cc3cc[nH]c3cn2)n1. The average Bonchev–Trinajstić information content (AvgIpc) is 2.88. The van der Waals surface area contributed by atoms with E-state index in [1.807, 2.05) is 18.3 Å². The molecule has 5 heteroatoms. The van der Waals surface area contributed by atoms with Crippen molar-refractivity contribution in [2.24, 2.45) is 0 Å². The Labute approximate surface area is 79.4 Å². The molecule has 3 rings (SSSR count). The van der Waals surface area contributed by atoms with E-state index in [1.54, 1.807) is 17.2 Å². The van der Waals surface area contributed by atoms with E-state index in [0.717, 1.165) is 16.7 Å². The minimum atomic E-state index is 0.773. The first-order chi connectivity index (χ1) is 6.93. The lowest BCUT2D eigenvalue weighted by molar-refractivity contribution is 0.848. The fourth-order valence-corrected chi connectivity index (χ4v) is 1.39. The van der Waals surface area contributed by atoms with Gasteiger partial charge in [0.25, 0.3) is 0 Å². The molecule has 0 unspecified atom stereocenters. The number of pyridine rings is 1. The van der Waals surface area contributed by atoms with E-state index < -0.39 is 0 Å². The zero-order chi connectivity index (χ0) is 9.38. The van der Waals surface area contributed by atoms with Gasteiger partial charge < -0.3 is 4.98 Å². The molecule has 0 amide bonds. The van der Waals surface area contributed by atoms with Crippen molar-refractivity contribution in [1.29, 1.82) is 0 Å². The lowest BCUT2D eigenvalue weighted by Gasteiger charge is -1.98. The summed E-state index contributed by atoms with van der Waals surface area (Å²) in [5.74, 6) is 0.773. The number of aromatic nitrogens is 5. The van der Waals surface area contributed by atoms with Crippen molar-refractivity contribution in [1.82, 2.24) is 24.7 Å². The van der Waals surface area contributed by atoms with Gasteiger partial charge >= 0.3 is 0 Å². The second-order valence-electron chi connectivity index (χ2n) is 2.95. The molecular weight excluding hydrogens is 178 g/mol. The number of hydrogen-bond acceptors (Lipinski definition) is 3. The maximum atomic E-state index is 4.25. The number of rotatable bonds is 1. The van der Waals surface area contributed by atoms with Gasteiger partial charge in [-0.25, -0.2) is 14.6 Å². The first kappa shape index (κ1) is 7.25. The number of aromatic amines is 1. The molecule has 3 aromatic rings. The van der Waals surface area contributed by atoms with E-state index in [1.165, 1.54) is 6.33 Å². The Bertz CT molecular complexity index is 551. The highest BCUT2D eigenvalue weighted by Gasteiger charge is 2.00. The highest BCUT2D eigenvalue weighted by Crippen LogP contribution is 2.13. The number of hydrogen-bond donors (Lipinski definition) is 1. The van der Waals surface area contributed by atoms with Crippen molar-refractivity contribution in [2.45, 2.75) is 0 Å². The predicted molar refractivity (Wildman–Crippen MR) is 51.0 cm³/mol. The first-order valence-electron chi connectivity index (χ1n) is 4.21. The summed E-state index contributed by atoms with van der Waals surface area (Å²) in [5, 5.41) is 5.13. The number of nitrogens with one attached hydrogen (secondary N) is 1. The molecule has 3 heterocycles. The predicted octanol–water partition coefficient (Wildman–Crippen LogP) is 1.14. The monoisotopic (exact) mass is 185 g/mol. The van der Waals surface area contributed by atoms with E-state index >= 15 is 0 Å². The molecule has 0 spiro atoms. The summed E-state index contributed by atoms with van der Waals surface area (Å²) in [6.45, 7) is 0. The van der Waals surface area contributed by atoms with Gasteiger partial charge in [-0.2, -0.15) is 5.10 Å². The molecule has 3 aromatic heterocycles. The van der Waals surface area contributed by atoms with Crippen molar-refractivity contribution < 1.29 is 0 Å². The Morgan fingerprint density at radius 1 is 1.36 bits per heavy atom. The Morgan fingerprint density at radius 2 is 2.36 bits per heavy atom. The maximum absolute atomic E-state index is 4.25. The van der Waals surface area contributed by atoms with E-state index in [4.69, 9.17) is 0 Å². The van der Waals surface area contributed by atoms with Crippen LogP contribution in [0.1, 0.15) is 0 Å². The van der Waals surface area contributed by atoms with Crippen molar-refractivity contribution in [3.05, 3.63) is 37.2 Å². The smallest absolute Gasteiger partial charge is 0.155 e. The number of nitrogens with zero attached hydrogens (tertiary/aromatic N) is 4. The first-order valence-corrected chi connectivity index (χ1v) is 4.21. The van der Waals surface area contributed by atoms with Gasteiger partial charge in [-0.05, 0) is 12.1 Å². The van der Waals surface area contributed by atoms with Gasteiger partial charge in [-0.15, -0.1) is 0 Å². The third kappa shape index (κ3) is 0.990. The molecule has 0 radical (unpaired) electrons. The topological polar surface area (TPSA) is 59.4 Å². The normalized spacial score (nSPS) is 10.9. The molecule has 0 atom stereocenters. The summed E-state index contributed by atoms with van der Waals surface area (Å²) in [5.41, 5.74) is 1.02. The van der Waals surface area contributed by atoms with Crippen molar-refractivity contribution in [3.63, 3.8) is 0 Å². The van der Waals surface area contributed by atoms with Gasteiger partial charge in [0.1, 0.15) is 12.7 Å². The van der Waals surface area contributed by atoms with E-state index in [2.05, 4.69) is 20.1 Å². The van der Waals surface area contributed by atoms with Crippen LogP contribution in [0.4, 0.5) is 0 Å². The Balaban J connectivity index is 2.23. The second kappa shape index (κ2) is 2.66. The lowest BCUT2D eigenvalue weighted by Crippen LogP contribution is -1.96. The van der Waals surface area contributed by atoms with Gasteiger partial charge in [-0.3, -0.25) is 0 Å². The van der Waals surface area contributed by atoms with Crippen LogP contribution in [0.15, 0.2) is 37.2 Å². The minimum absolute atomic E-state index is 0.773. The van der Waals surface area contributed by atoms with Crippen LogP contribution in [0.25, 0.3) is 16.7 Å². The van der Waals surface area contributed by atoms with E-state index in [-0.39, 0.29) is 0 Å². The molecule has 0 aliphatic carbocycles. The fraction of sp³-hybridized carbons (Fsp3) is 0. The van der Waals surface area contributed by atoms with Crippen molar-refractivity contribution >= 4 is 10.9 Å². The Hall–Kier alpha value is -2.17. The second-order valence-corrected chi connectivity index (χ2v) is 2.95. The van der Waals surface area contributed by atoms with Crippen LogP contribution in [0.2, 0.25) is 0 Å². The van der Waals surface area contributed by atoms with Crippen LogP contribution in [0.3, 0.4) is 0 Å². The summed E-state index contributed by atoms with van der Waals surface area (Å²) in [4.78, 5) is 11.2. The largest absolute Gasteiger partial charge is 0.360 e. The molecule has 0 bridgehead atoms. The summed E-state index contributed by atoms with van der Waals surface area (Å²) >= 11 is 0. The summed E-state index contributed by atoms with van der Waals surface area (Å²) in [6.07, 6.45) is 6.79. The molecule has 0 saturated heterocycles. The summed E-state index contributed by atoms with van der Waals surface area (Å²) < 4.78 is 1.63.